The van der Waals surface area contributed by atoms with Crippen LogP contribution in [0.15, 0.2) is 48.8 Å². The summed E-state index contributed by atoms with van der Waals surface area (Å²) in [5, 5.41) is 0. The maximum Gasteiger partial charge on any atom is 0.136 e. The van der Waals surface area contributed by atoms with Gasteiger partial charge >= 0.3 is 0 Å². The van der Waals surface area contributed by atoms with Gasteiger partial charge in [0, 0.05) is 37.4 Å². The number of unbranched alkanes of at least 4 members (excludes halogenated alkanes) is 2. The Balaban J connectivity index is 1.48. The third-order valence-corrected chi connectivity index (χ3v) is 3.81. The number of aryl methyl sites for hydroxylation is 1. The third kappa shape index (κ3) is 8.36. The van der Waals surface area contributed by atoms with Crippen molar-refractivity contribution in [3.05, 3.63) is 65.8 Å². The van der Waals surface area contributed by atoms with Crippen LogP contribution in [0.3, 0.4) is 0 Å². The lowest BCUT2D eigenvalue weighted by Crippen LogP contribution is -1.98. The number of allylic oxidation sites excluding steroid dienone is 1. The summed E-state index contributed by atoms with van der Waals surface area (Å²) >= 11 is 0. The zero-order chi connectivity index (χ0) is 17.7. The Hall–Kier alpha value is -2.33. The molecule has 1 aromatic heterocycles. The summed E-state index contributed by atoms with van der Waals surface area (Å²) in [5.74, 6) is 1.02. The molecule has 0 atom stereocenters. The second-order valence-corrected chi connectivity index (χ2v) is 6.06. The normalized spacial score (nSPS) is 11.1. The van der Waals surface area contributed by atoms with E-state index in [1.807, 2.05) is 37.3 Å². The Kier molecular flexibility index (Phi) is 8.56. The fraction of sp³-hybridized carbons (Fsp3) is 0.381. The molecule has 1 aromatic carbocycles. The van der Waals surface area contributed by atoms with E-state index in [0.717, 1.165) is 37.3 Å². The number of carbonyl (C=O) groups excluding carboxylic acids is 1. The van der Waals surface area contributed by atoms with Crippen LogP contribution >= 0.6 is 0 Å². The monoisotopic (exact) mass is 338 g/mol. The molecule has 0 aliphatic carbocycles. The lowest BCUT2D eigenvalue weighted by Gasteiger charge is -2.04. The van der Waals surface area contributed by atoms with Crippen molar-refractivity contribution in [3.63, 3.8) is 0 Å². The first-order valence-corrected chi connectivity index (χ1v) is 8.82. The van der Waals surface area contributed by atoms with Crippen LogP contribution in [-0.4, -0.2) is 22.4 Å². The quantitative estimate of drug-likeness (QED) is 0.565. The Bertz CT molecular complexity index is 651. The van der Waals surface area contributed by atoms with E-state index in [1.165, 1.54) is 5.56 Å². The maximum atomic E-state index is 11.8. The fourth-order valence-corrected chi connectivity index (χ4v) is 2.38. The summed E-state index contributed by atoms with van der Waals surface area (Å²) in [6, 6.07) is 10.2. The SMILES string of the molecule is Cc1ncc(C=CCC(=O)CCCCCOCc2ccccc2)cn1. The second-order valence-electron chi connectivity index (χ2n) is 6.06. The third-order valence-electron chi connectivity index (χ3n) is 3.81. The Morgan fingerprint density at radius 1 is 1.08 bits per heavy atom. The number of hydrogen-bond donors (Lipinski definition) is 0. The molecule has 0 unspecified atom stereocenters. The van der Waals surface area contributed by atoms with Gasteiger partial charge in [0.15, 0.2) is 0 Å². The smallest absolute Gasteiger partial charge is 0.136 e. The van der Waals surface area contributed by atoms with Gasteiger partial charge in [0.25, 0.3) is 0 Å². The molecular weight excluding hydrogens is 312 g/mol. The second kappa shape index (κ2) is 11.3. The summed E-state index contributed by atoms with van der Waals surface area (Å²) in [5.41, 5.74) is 2.12. The summed E-state index contributed by atoms with van der Waals surface area (Å²) in [6.45, 7) is 3.26. The maximum absolute atomic E-state index is 11.8. The number of ether oxygens (including phenoxy) is 1. The molecule has 4 nitrogen and oxygen atoms in total. The number of nitrogens with zero attached hydrogens (tertiary/aromatic N) is 2. The molecule has 0 amide bonds. The molecule has 4 heteroatoms. The standard InChI is InChI=1S/C21H26N2O2/c1-18-22-15-20(16-23-18)11-8-13-21(24)12-6-3-7-14-25-17-19-9-4-2-5-10-19/h2,4-5,8-11,15-16H,3,6-7,12-14,17H2,1H3. The minimum absolute atomic E-state index is 0.273. The molecular formula is C21H26N2O2. The molecule has 132 valence electrons. The molecule has 2 rings (SSSR count). The largest absolute Gasteiger partial charge is 0.377 e. The molecule has 2 aromatic rings. The van der Waals surface area contributed by atoms with Gasteiger partial charge in [0.2, 0.25) is 0 Å². The number of benzene rings is 1. The van der Waals surface area contributed by atoms with Crippen LogP contribution in [0.2, 0.25) is 0 Å². The highest BCUT2D eigenvalue weighted by Crippen LogP contribution is 2.06. The molecule has 1 heterocycles. The van der Waals surface area contributed by atoms with E-state index in [2.05, 4.69) is 22.1 Å². The van der Waals surface area contributed by atoms with Crippen LogP contribution in [0.5, 0.6) is 0 Å². The van der Waals surface area contributed by atoms with E-state index in [0.29, 0.717) is 19.4 Å². The van der Waals surface area contributed by atoms with Gasteiger partial charge in [0.1, 0.15) is 11.6 Å². The highest BCUT2D eigenvalue weighted by Gasteiger charge is 2.00. The van der Waals surface area contributed by atoms with Crippen molar-refractivity contribution in [3.8, 4) is 0 Å². The highest BCUT2D eigenvalue weighted by molar-refractivity contribution is 5.80. The lowest BCUT2D eigenvalue weighted by molar-refractivity contribution is -0.118. The van der Waals surface area contributed by atoms with Crippen LogP contribution in [0.25, 0.3) is 6.08 Å². The molecule has 0 fully saturated rings. The first-order valence-electron chi connectivity index (χ1n) is 8.82. The van der Waals surface area contributed by atoms with Gasteiger partial charge in [0.05, 0.1) is 6.61 Å². The van der Waals surface area contributed by atoms with E-state index < -0.39 is 0 Å². The van der Waals surface area contributed by atoms with Gasteiger partial charge in [-0.05, 0) is 25.3 Å². The zero-order valence-corrected chi connectivity index (χ0v) is 14.9. The van der Waals surface area contributed by atoms with Crippen molar-refractivity contribution >= 4 is 11.9 Å². The minimum atomic E-state index is 0.273. The van der Waals surface area contributed by atoms with Gasteiger partial charge in [-0.1, -0.05) is 48.9 Å². The number of hydrogen-bond acceptors (Lipinski definition) is 4. The van der Waals surface area contributed by atoms with E-state index >= 15 is 0 Å². The Labute approximate surface area is 150 Å². The van der Waals surface area contributed by atoms with Gasteiger partial charge < -0.3 is 4.74 Å². The summed E-state index contributed by atoms with van der Waals surface area (Å²) in [6.07, 6.45) is 11.4. The van der Waals surface area contributed by atoms with Crippen molar-refractivity contribution in [2.75, 3.05) is 6.61 Å². The highest BCUT2D eigenvalue weighted by atomic mass is 16.5. The first kappa shape index (κ1) is 19.0. The average molecular weight is 338 g/mol. The van der Waals surface area contributed by atoms with Crippen molar-refractivity contribution in [1.29, 1.82) is 0 Å². The number of ketones is 1. The van der Waals surface area contributed by atoms with E-state index in [4.69, 9.17) is 4.74 Å². The van der Waals surface area contributed by atoms with Crippen molar-refractivity contribution in [2.45, 2.75) is 45.6 Å². The van der Waals surface area contributed by atoms with Gasteiger partial charge in [-0.2, -0.15) is 0 Å². The summed E-state index contributed by atoms with van der Waals surface area (Å²) in [7, 11) is 0. The number of rotatable bonds is 11. The van der Waals surface area contributed by atoms with Gasteiger partial charge in [-0.15, -0.1) is 0 Å². The molecule has 0 radical (unpaired) electrons. The predicted molar refractivity (Wildman–Crippen MR) is 100.0 cm³/mol. The number of Topliss-reactive ketones (excluding diaryl/α,β-unsaturated/α-hetero) is 1. The van der Waals surface area contributed by atoms with Crippen LogP contribution in [-0.2, 0) is 16.1 Å². The first-order chi connectivity index (χ1) is 12.2. The number of aromatic nitrogens is 2. The molecule has 0 N–H and O–H groups in total. The zero-order valence-electron chi connectivity index (χ0n) is 14.9. The van der Waals surface area contributed by atoms with Crippen molar-refractivity contribution < 1.29 is 9.53 Å². The molecule has 0 saturated carbocycles. The topological polar surface area (TPSA) is 52.1 Å². The van der Waals surface area contributed by atoms with E-state index in [-0.39, 0.29) is 5.78 Å². The summed E-state index contributed by atoms with van der Waals surface area (Å²) in [4.78, 5) is 20.1. The Morgan fingerprint density at radius 3 is 2.60 bits per heavy atom. The van der Waals surface area contributed by atoms with Crippen LogP contribution in [0, 0.1) is 6.92 Å². The molecule has 0 saturated heterocycles. The average Bonchev–Trinajstić information content (AvgIpc) is 2.63. The molecule has 0 spiro atoms. The van der Waals surface area contributed by atoms with Crippen LogP contribution in [0.1, 0.15) is 49.1 Å². The van der Waals surface area contributed by atoms with Crippen molar-refractivity contribution in [1.82, 2.24) is 9.97 Å². The van der Waals surface area contributed by atoms with Crippen molar-refractivity contribution in [2.24, 2.45) is 0 Å². The van der Waals surface area contributed by atoms with E-state index in [9.17, 15) is 4.79 Å². The molecule has 0 aliphatic rings. The van der Waals surface area contributed by atoms with E-state index in [1.54, 1.807) is 12.4 Å². The number of carbonyl (C=O) groups is 1. The Morgan fingerprint density at radius 2 is 1.84 bits per heavy atom. The fourth-order valence-electron chi connectivity index (χ4n) is 2.38. The lowest BCUT2D eigenvalue weighted by atomic mass is 10.1. The van der Waals surface area contributed by atoms with Gasteiger partial charge in [-0.3, -0.25) is 4.79 Å². The summed E-state index contributed by atoms with van der Waals surface area (Å²) < 4.78 is 5.64. The minimum Gasteiger partial charge on any atom is -0.377 e. The molecule has 25 heavy (non-hydrogen) atoms. The van der Waals surface area contributed by atoms with Crippen LogP contribution in [0.4, 0.5) is 0 Å². The molecule has 0 bridgehead atoms. The van der Waals surface area contributed by atoms with Crippen LogP contribution < -0.4 is 0 Å². The van der Waals surface area contributed by atoms with Gasteiger partial charge in [-0.25, -0.2) is 9.97 Å². The predicted octanol–water partition coefficient (Wildman–Crippen LogP) is 4.53. The molecule has 0 aliphatic heterocycles.